The molecular formula is C25H17ClFNO. The summed E-state index contributed by atoms with van der Waals surface area (Å²) in [6, 6.07) is 21.9. The van der Waals surface area contributed by atoms with Crippen LogP contribution in [0.4, 0.5) is 4.39 Å². The first-order chi connectivity index (χ1) is 14.1. The fraction of sp³-hybridized carbons (Fsp3) is 0.0400. The van der Waals surface area contributed by atoms with Crippen molar-refractivity contribution in [3.05, 3.63) is 107 Å². The number of allylic oxidation sites excluding steroid dienone is 1. The summed E-state index contributed by atoms with van der Waals surface area (Å²) in [7, 11) is 0. The van der Waals surface area contributed by atoms with Gasteiger partial charge in [0.05, 0.1) is 16.1 Å². The molecule has 0 atom stereocenters. The fourth-order valence-corrected chi connectivity index (χ4v) is 3.68. The molecule has 4 rings (SSSR count). The number of rotatable bonds is 4. The Hall–Kier alpha value is -3.30. The molecule has 3 aromatic carbocycles. The van der Waals surface area contributed by atoms with Gasteiger partial charge in [0.1, 0.15) is 5.82 Å². The summed E-state index contributed by atoms with van der Waals surface area (Å²) >= 11 is 6.08. The Morgan fingerprint density at radius 3 is 2.45 bits per heavy atom. The molecule has 0 saturated carbocycles. The van der Waals surface area contributed by atoms with Crippen molar-refractivity contribution in [1.29, 1.82) is 0 Å². The lowest BCUT2D eigenvalue weighted by Crippen LogP contribution is -2.05. The molecule has 0 N–H and O–H groups in total. The van der Waals surface area contributed by atoms with E-state index in [1.165, 1.54) is 24.3 Å². The number of ketones is 1. The number of para-hydroxylation sites is 1. The number of aromatic nitrogens is 1. The largest absolute Gasteiger partial charge is 0.289 e. The van der Waals surface area contributed by atoms with E-state index in [1.807, 2.05) is 61.5 Å². The van der Waals surface area contributed by atoms with E-state index in [-0.39, 0.29) is 16.4 Å². The summed E-state index contributed by atoms with van der Waals surface area (Å²) in [5, 5.41) is 1.15. The van der Waals surface area contributed by atoms with E-state index < -0.39 is 5.82 Å². The maximum absolute atomic E-state index is 14.1. The molecule has 0 bridgehead atoms. The molecule has 0 saturated heterocycles. The van der Waals surface area contributed by atoms with Crippen molar-refractivity contribution in [2.75, 3.05) is 0 Å². The van der Waals surface area contributed by atoms with Gasteiger partial charge in [0.25, 0.3) is 0 Å². The number of benzene rings is 3. The van der Waals surface area contributed by atoms with E-state index >= 15 is 0 Å². The van der Waals surface area contributed by atoms with Crippen LogP contribution in [0.15, 0.2) is 78.9 Å². The van der Waals surface area contributed by atoms with Crippen molar-refractivity contribution in [2.45, 2.75) is 6.92 Å². The summed E-state index contributed by atoms with van der Waals surface area (Å²) in [5.41, 5.74) is 3.88. The van der Waals surface area contributed by atoms with Crippen LogP contribution < -0.4 is 0 Å². The molecule has 0 spiro atoms. The normalized spacial score (nSPS) is 11.3. The van der Waals surface area contributed by atoms with E-state index in [1.54, 1.807) is 6.07 Å². The van der Waals surface area contributed by atoms with Crippen LogP contribution in [0.2, 0.25) is 5.02 Å². The van der Waals surface area contributed by atoms with Crippen LogP contribution in [0.1, 0.15) is 21.6 Å². The molecule has 29 heavy (non-hydrogen) atoms. The minimum atomic E-state index is -0.474. The maximum Gasteiger partial charge on any atom is 0.188 e. The van der Waals surface area contributed by atoms with Crippen molar-refractivity contribution in [3.8, 4) is 11.1 Å². The third-order valence-electron chi connectivity index (χ3n) is 4.78. The van der Waals surface area contributed by atoms with Crippen LogP contribution in [0.25, 0.3) is 28.1 Å². The van der Waals surface area contributed by atoms with E-state index in [2.05, 4.69) is 4.98 Å². The van der Waals surface area contributed by atoms with Crippen molar-refractivity contribution < 1.29 is 9.18 Å². The molecule has 0 aliphatic carbocycles. The van der Waals surface area contributed by atoms with E-state index in [9.17, 15) is 9.18 Å². The van der Waals surface area contributed by atoms with Crippen molar-refractivity contribution in [3.63, 3.8) is 0 Å². The molecular weight excluding hydrogens is 385 g/mol. The average Bonchev–Trinajstić information content (AvgIpc) is 2.73. The van der Waals surface area contributed by atoms with Gasteiger partial charge in [0.2, 0.25) is 0 Å². The minimum absolute atomic E-state index is 0.190. The highest BCUT2D eigenvalue weighted by atomic mass is 35.5. The number of hydrogen-bond donors (Lipinski definition) is 0. The topological polar surface area (TPSA) is 30.0 Å². The molecule has 0 aliphatic rings. The lowest BCUT2D eigenvalue weighted by atomic mass is 9.92. The quantitative estimate of drug-likeness (QED) is 0.275. The molecule has 2 nitrogen and oxygen atoms in total. The Balaban J connectivity index is 1.90. The maximum atomic E-state index is 14.1. The third kappa shape index (κ3) is 3.69. The number of aryl methyl sites for hydroxylation is 1. The number of halogens is 2. The van der Waals surface area contributed by atoms with E-state index in [0.29, 0.717) is 11.3 Å². The van der Waals surface area contributed by atoms with Gasteiger partial charge in [0.15, 0.2) is 5.78 Å². The first-order valence-electron chi connectivity index (χ1n) is 9.17. The highest BCUT2D eigenvalue weighted by Crippen LogP contribution is 2.33. The lowest BCUT2D eigenvalue weighted by Gasteiger charge is -2.14. The predicted molar refractivity (Wildman–Crippen MR) is 117 cm³/mol. The summed E-state index contributed by atoms with van der Waals surface area (Å²) in [6.07, 6.45) is 2.78. The van der Waals surface area contributed by atoms with Crippen LogP contribution in [-0.2, 0) is 0 Å². The second kappa shape index (κ2) is 7.98. The zero-order chi connectivity index (χ0) is 20.4. The number of pyridine rings is 1. The van der Waals surface area contributed by atoms with Crippen molar-refractivity contribution in [2.24, 2.45) is 0 Å². The smallest absolute Gasteiger partial charge is 0.188 e. The lowest BCUT2D eigenvalue weighted by molar-refractivity contribution is 0.104. The molecule has 142 valence electrons. The first kappa shape index (κ1) is 19.0. The molecule has 1 aromatic heterocycles. The number of nitrogens with zero attached hydrogens (tertiary/aromatic N) is 1. The Morgan fingerprint density at radius 1 is 0.966 bits per heavy atom. The van der Waals surface area contributed by atoms with Crippen molar-refractivity contribution >= 4 is 34.4 Å². The summed E-state index contributed by atoms with van der Waals surface area (Å²) in [6.45, 7) is 1.82. The van der Waals surface area contributed by atoms with Gasteiger partial charge in [0, 0.05) is 22.2 Å². The molecule has 0 aliphatic heterocycles. The van der Waals surface area contributed by atoms with Crippen LogP contribution in [-0.4, -0.2) is 10.8 Å². The molecule has 4 aromatic rings. The standard InChI is InChI=1S/C25H17ClFNO/c1-16-24(23(29)15-14-18-20(26)11-7-12-21(18)27)25(17-8-3-2-4-9-17)19-10-5-6-13-22(19)28-16/h2-15H,1H3/b15-14-. The van der Waals surface area contributed by atoms with Crippen LogP contribution in [0.5, 0.6) is 0 Å². The van der Waals surface area contributed by atoms with E-state index in [4.69, 9.17) is 11.6 Å². The van der Waals surface area contributed by atoms with Gasteiger partial charge < -0.3 is 0 Å². The number of carbonyl (C=O) groups excluding carboxylic acids is 1. The monoisotopic (exact) mass is 401 g/mol. The molecule has 0 fully saturated rings. The van der Waals surface area contributed by atoms with Gasteiger partial charge in [-0.2, -0.15) is 0 Å². The van der Waals surface area contributed by atoms with Crippen LogP contribution in [0, 0.1) is 12.7 Å². The number of hydrogen-bond acceptors (Lipinski definition) is 2. The molecule has 1 heterocycles. The van der Waals surface area contributed by atoms with Gasteiger partial charge >= 0.3 is 0 Å². The summed E-state index contributed by atoms with van der Waals surface area (Å²) in [4.78, 5) is 17.8. The minimum Gasteiger partial charge on any atom is -0.289 e. The molecule has 0 radical (unpaired) electrons. The highest BCUT2D eigenvalue weighted by molar-refractivity contribution is 6.32. The third-order valence-corrected chi connectivity index (χ3v) is 5.11. The van der Waals surface area contributed by atoms with Gasteiger partial charge in [-0.25, -0.2) is 4.39 Å². The fourth-order valence-electron chi connectivity index (χ4n) is 3.45. The number of fused-ring (bicyclic) bond motifs is 1. The highest BCUT2D eigenvalue weighted by Gasteiger charge is 2.19. The zero-order valence-electron chi connectivity index (χ0n) is 15.7. The SMILES string of the molecule is Cc1nc2ccccc2c(-c2ccccc2)c1C(=O)/C=C\c1c(F)cccc1Cl. The molecule has 0 amide bonds. The zero-order valence-corrected chi connectivity index (χ0v) is 16.5. The Kier molecular flexibility index (Phi) is 5.24. The predicted octanol–water partition coefficient (Wildman–Crippen LogP) is 6.90. The van der Waals surface area contributed by atoms with Gasteiger partial charge in [-0.15, -0.1) is 0 Å². The van der Waals surface area contributed by atoms with Gasteiger partial charge in [-0.05, 0) is 42.8 Å². The van der Waals surface area contributed by atoms with Gasteiger partial charge in [-0.1, -0.05) is 66.2 Å². The molecule has 4 heteroatoms. The van der Waals surface area contributed by atoms with Crippen LogP contribution >= 0.6 is 11.6 Å². The average molecular weight is 402 g/mol. The van der Waals surface area contributed by atoms with Gasteiger partial charge in [-0.3, -0.25) is 9.78 Å². The van der Waals surface area contributed by atoms with E-state index in [0.717, 1.165) is 22.0 Å². The summed E-state index contributed by atoms with van der Waals surface area (Å²) < 4.78 is 14.1. The van der Waals surface area contributed by atoms with Crippen molar-refractivity contribution in [1.82, 2.24) is 4.98 Å². The summed E-state index contributed by atoms with van der Waals surface area (Å²) in [5.74, 6) is -0.725. The molecule has 0 unspecified atom stereocenters. The first-order valence-corrected chi connectivity index (χ1v) is 9.55. The Bertz CT molecular complexity index is 1230. The second-order valence-electron chi connectivity index (χ2n) is 6.66. The second-order valence-corrected chi connectivity index (χ2v) is 7.07. The Labute approximate surface area is 173 Å². The van der Waals surface area contributed by atoms with Crippen LogP contribution in [0.3, 0.4) is 0 Å². The number of carbonyl (C=O) groups is 1. The Morgan fingerprint density at radius 2 is 1.69 bits per heavy atom.